The van der Waals surface area contributed by atoms with Crippen LogP contribution in [0.5, 0.6) is 0 Å². The lowest BCUT2D eigenvalue weighted by molar-refractivity contribution is 0.489. The molecule has 0 radical (unpaired) electrons. The highest BCUT2D eigenvalue weighted by atomic mass is 31.2. The molecule has 140 valence electrons. The van der Waals surface area contributed by atoms with Crippen LogP contribution in [0, 0.1) is 5.92 Å². The Balaban J connectivity index is 1.59. The summed E-state index contributed by atoms with van der Waals surface area (Å²) in [6.45, 7) is 0. The average Bonchev–Trinajstić information content (AvgIpc) is 3.32. The quantitative estimate of drug-likeness (QED) is 0.528. The molecule has 0 aromatic heterocycles. The van der Waals surface area contributed by atoms with Gasteiger partial charge < -0.3 is 15.3 Å². The molecule has 0 heterocycles. The SMILES string of the molecule is O=P(O)(Nc1ccccc1)C1=C([C@H]2CCC=C2Nc2ccccc2)CCC1. The predicted molar refractivity (Wildman–Crippen MR) is 112 cm³/mol. The first kappa shape index (κ1) is 18.1. The Morgan fingerprint density at radius 1 is 0.926 bits per heavy atom. The van der Waals surface area contributed by atoms with Crippen LogP contribution < -0.4 is 10.4 Å². The first-order chi connectivity index (χ1) is 13.1. The van der Waals surface area contributed by atoms with Crippen LogP contribution in [0.25, 0.3) is 0 Å². The highest BCUT2D eigenvalue weighted by Gasteiger charge is 2.36. The largest absolute Gasteiger partial charge is 0.359 e. The Kier molecular flexibility index (Phi) is 5.20. The third kappa shape index (κ3) is 4.02. The van der Waals surface area contributed by atoms with Crippen molar-refractivity contribution < 1.29 is 9.46 Å². The molecule has 0 bridgehead atoms. The van der Waals surface area contributed by atoms with Crippen LogP contribution in [-0.4, -0.2) is 4.89 Å². The van der Waals surface area contributed by atoms with E-state index in [0.29, 0.717) is 12.1 Å². The molecule has 0 fully saturated rings. The predicted octanol–water partition coefficient (Wildman–Crippen LogP) is 6.13. The van der Waals surface area contributed by atoms with E-state index in [1.807, 2.05) is 60.7 Å². The zero-order valence-electron chi connectivity index (χ0n) is 15.3. The molecule has 2 aliphatic carbocycles. The van der Waals surface area contributed by atoms with Crippen LogP contribution in [0.2, 0.25) is 0 Å². The van der Waals surface area contributed by atoms with Gasteiger partial charge in [-0.15, -0.1) is 0 Å². The molecule has 1 unspecified atom stereocenters. The number of hydrogen-bond acceptors (Lipinski definition) is 2. The minimum absolute atomic E-state index is 0.209. The smallest absolute Gasteiger partial charge is 0.317 e. The van der Waals surface area contributed by atoms with E-state index in [2.05, 4.69) is 16.5 Å². The van der Waals surface area contributed by atoms with E-state index in [4.69, 9.17) is 0 Å². The maximum atomic E-state index is 13.2. The fourth-order valence-electron chi connectivity index (χ4n) is 4.12. The molecule has 0 spiro atoms. The number of rotatable bonds is 6. The number of nitrogens with one attached hydrogen (secondary N) is 2. The van der Waals surface area contributed by atoms with Crippen molar-refractivity contribution in [3.8, 4) is 0 Å². The number of benzene rings is 2. The van der Waals surface area contributed by atoms with Crippen molar-refractivity contribution in [2.24, 2.45) is 5.92 Å². The van der Waals surface area contributed by atoms with Gasteiger partial charge in [0.15, 0.2) is 0 Å². The van der Waals surface area contributed by atoms with Gasteiger partial charge in [-0.3, -0.25) is 4.57 Å². The summed E-state index contributed by atoms with van der Waals surface area (Å²) >= 11 is 0. The molecule has 0 amide bonds. The van der Waals surface area contributed by atoms with E-state index in [1.165, 1.54) is 0 Å². The van der Waals surface area contributed by atoms with Crippen molar-refractivity contribution in [3.05, 3.63) is 83.3 Å². The van der Waals surface area contributed by atoms with Crippen LogP contribution >= 0.6 is 7.52 Å². The fourth-order valence-corrected chi connectivity index (χ4v) is 5.87. The van der Waals surface area contributed by atoms with E-state index in [1.54, 1.807) is 0 Å². The van der Waals surface area contributed by atoms with E-state index in [0.717, 1.165) is 48.0 Å². The first-order valence-electron chi connectivity index (χ1n) is 9.54. The summed E-state index contributed by atoms with van der Waals surface area (Å²) in [4.78, 5) is 10.8. The van der Waals surface area contributed by atoms with Crippen molar-refractivity contribution >= 4 is 18.9 Å². The molecular formula is C22H25N2O2P. The lowest BCUT2D eigenvalue weighted by Crippen LogP contribution is -2.12. The van der Waals surface area contributed by atoms with E-state index >= 15 is 0 Å². The summed E-state index contributed by atoms with van der Waals surface area (Å²) < 4.78 is 13.2. The lowest BCUT2D eigenvalue weighted by Gasteiger charge is -2.23. The van der Waals surface area contributed by atoms with Gasteiger partial charge in [0.05, 0.1) is 0 Å². The summed E-state index contributed by atoms with van der Waals surface area (Å²) in [6.07, 6.45) is 6.76. The van der Waals surface area contributed by atoms with Crippen LogP contribution in [0.4, 0.5) is 11.4 Å². The van der Waals surface area contributed by atoms with Crippen LogP contribution in [-0.2, 0) is 4.57 Å². The molecule has 2 aromatic carbocycles. The van der Waals surface area contributed by atoms with Crippen molar-refractivity contribution in [2.75, 3.05) is 10.4 Å². The molecule has 0 aliphatic heterocycles. The molecule has 4 nitrogen and oxygen atoms in total. The minimum Gasteiger partial charge on any atom is -0.359 e. The molecule has 2 atom stereocenters. The van der Waals surface area contributed by atoms with Gasteiger partial charge in [0, 0.05) is 28.3 Å². The molecule has 5 heteroatoms. The first-order valence-corrected chi connectivity index (χ1v) is 11.2. The van der Waals surface area contributed by atoms with E-state index in [9.17, 15) is 9.46 Å². The second-order valence-corrected chi connectivity index (χ2v) is 9.08. The third-order valence-corrected chi connectivity index (χ3v) is 7.13. The van der Waals surface area contributed by atoms with Crippen molar-refractivity contribution in [1.82, 2.24) is 0 Å². The van der Waals surface area contributed by atoms with Gasteiger partial charge in [-0.25, -0.2) is 0 Å². The molecule has 4 rings (SSSR count). The summed E-state index contributed by atoms with van der Waals surface area (Å²) in [5, 5.41) is 7.14. The van der Waals surface area contributed by atoms with Gasteiger partial charge in [-0.05, 0) is 56.4 Å². The van der Waals surface area contributed by atoms with Gasteiger partial charge in [-0.2, -0.15) is 0 Å². The summed E-state index contributed by atoms with van der Waals surface area (Å²) in [6, 6.07) is 19.4. The Bertz CT molecular complexity index is 906. The molecular weight excluding hydrogens is 355 g/mol. The van der Waals surface area contributed by atoms with Crippen molar-refractivity contribution in [3.63, 3.8) is 0 Å². The summed E-state index contributed by atoms with van der Waals surface area (Å²) in [7, 11) is -3.61. The maximum Gasteiger partial charge on any atom is 0.317 e. The van der Waals surface area contributed by atoms with Gasteiger partial charge in [0.2, 0.25) is 0 Å². The Morgan fingerprint density at radius 3 is 2.30 bits per heavy atom. The number of para-hydroxylation sites is 2. The average molecular weight is 380 g/mol. The second kappa shape index (κ2) is 7.75. The third-order valence-electron chi connectivity index (χ3n) is 5.33. The Hall–Kier alpha value is -2.29. The molecule has 3 N–H and O–H groups in total. The number of allylic oxidation sites excluding steroid dienone is 3. The zero-order valence-corrected chi connectivity index (χ0v) is 16.2. The van der Waals surface area contributed by atoms with Crippen LogP contribution in [0.1, 0.15) is 32.1 Å². The zero-order chi connectivity index (χ0) is 18.7. The van der Waals surface area contributed by atoms with Gasteiger partial charge in [-0.1, -0.05) is 48.0 Å². The lowest BCUT2D eigenvalue weighted by atomic mass is 9.95. The normalized spacial score (nSPS) is 21.7. The Morgan fingerprint density at radius 2 is 1.59 bits per heavy atom. The molecule has 0 saturated heterocycles. The molecule has 0 saturated carbocycles. The van der Waals surface area contributed by atoms with Gasteiger partial charge in [0.1, 0.15) is 0 Å². The highest BCUT2D eigenvalue weighted by molar-refractivity contribution is 7.64. The standard InChI is InChI=1S/C22H25N2O2P/c25-27(26,24-18-11-5-2-6-12-18)22-16-8-14-20(22)19-13-7-15-21(19)23-17-9-3-1-4-10-17/h1-6,9-12,15,19,23H,7-8,13-14,16H2,(H2,24,25,26)/t19-/m1/s1. The second-order valence-electron chi connectivity index (χ2n) is 7.16. The van der Waals surface area contributed by atoms with Gasteiger partial charge in [0.25, 0.3) is 0 Å². The van der Waals surface area contributed by atoms with Crippen LogP contribution in [0.3, 0.4) is 0 Å². The van der Waals surface area contributed by atoms with Crippen molar-refractivity contribution in [1.29, 1.82) is 0 Å². The van der Waals surface area contributed by atoms with E-state index in [-0.39, 0.29) is 5.92 Å². The highest BCUT2D eigenvalue weighted by Crippen LogP contribution is 2.58. The van der Waals surface area contributed by atoms with Crippen molar-refractivity contribution in [2.45, 2.75) is 32.1 Å². The van der Waals surface area contributed by atoms with E-state index < -0.39 is 7.52 Å². The van der Waals surface area contributed by atoms with Gasteiger partial charge >= 0.3 is 7.52 Å². The minimum atomic E-state index is -3.61. The topological polar surface area (TPSA) is 61.4 Å². The molecule has 27 heavy (non-hydrogen) atoms. The Labute approximate surface area is 160 Å². The van der Waals surface area contributed by atoms with Crippen LogP contribution in [0.15, 0.2) is 83.3 Å². The maximum absolute atomic E-state index is 13.2. The monoisotopic (exact) mass is 380 g/mol. The fraction of sp³-hybridized carbons (Fsp3) is 0.273. The molecule has 2 aromatic rings. The summed E-state index contributed by atoms with van der Waals surface area (Å²) in [5.74, 6) is 0.209. The summed E-state index contributed by atoms with van der Waals surface area (Å²) in [5.41, 5.74) is 4.06. The molecule has 2 aliphatic rings. The number of hydrogen-bond donors (Lipinski definition) is 3. The number of anilines is 2.